The molecule has 176 valence electrons. The fourth-order valence-electron chi connectivity index (χ4n) is 3.15. The molecule has 1 heterocycles. The lowest BCUT2D eigenvalue weighted by Crippen LogP contribution is -2.35. The first-order chi connectivity index (χ1) is 15.6. The summed E-state index contributed by atoms with van der Waals surface area (Å²) in [7, 11) is 1.58. The minimum atomic E-state index is -0.0515. The summed E-state index contributed by atoms with van der Waals surface area (Å²) < 4.78 is 12.3. The van der Waals surface area contributed by atoms with Crippen molar-refractivity contribution in [3.8, 4) is 11.5 Å². The van der Waals surface area contributed by atoms with Crippen molar-refractivity contribution in [2.24, 2.45) is 4.99 Å². The van der Waals surface area contributed by atoms with Crippen LogP contribution in [0.25, 0.3) is 6.08 Å². The first-order valence-electron chi connectivity index (χ1n) is 10.4. The second-order valence-corrected chi connectivity index (χ2v) is 10.6. The van der Waals surface area contributed by atoms with Gasteiger partial charge in [-0.25, -0.2) is 0 Å². The molecule has 0 unspecified atom stereocenters. The van der Waals surface area contributed by atoms with Gasteiger partial charge in [-0.15, -0.1) is 0 Å². The van der Waals surface area contributed by atoms with Gasteiger partial charge in [0.05, 0.1) is 26.5 Å². The molecule has 2 aromatic carbocycles. The number of rotatable bonds is 7. The average Bonchev–Trinajstić information content (AvgIpc) is 3.03. The molecule has 0 N–H and O–H groups in total. The van der Waals surface area contributed by atoms with Crippen LogP contribution in [0.4, 0.5) is 0 Å². The van der Waals surface area contributed by atoms with Crippen LogP contribution in [0.2, 0.25) is 10.0 Å². The standard InChI is InChI=1S/C24H25BrCl2N2O3S/c1-13(2)28-24-29(14(3)4)23(30)21(33-24)11-16-8-17(25)22(20(10-16)31-5)32-12-15-6-7-18(26)19(27)9-15/h6-11,13-14H,12H2,1-5H3/b21-11+,28-24?. The maximum absolute atomic E-state index is 13.0. The number of carbonyl (C=O) groups is 1. The Balaban J connectivity index is 1.87. The lowest BCUT2D eigenvalue weighted by Gasteiger charge is -2.20. The predicted octanol–water partition coefficient (Wildman–Crippen LogP) is 7.43. The molecule has 33 heavy (non-hydrogen) atoms. The fraction of sp³-hybridized carbons (Fsp3) is 0.333. The number of carbonyl (C=O) groups excluding carboxylic acids is 1. The lowest BCUT2D eigenvalue weighted by atomic mass is 10.1. The second kappa shape index (κ2) is 11.2. The van der Waals surface area contributed by atoms with Gasteiger partial charge in [0, 0.05) is 12.1 Å². The highest BCUT2D eigenvalue weighted by Gasteiger charge is 2.35. The highest BCUT2D eigenvalue weighted by atomic mass is 79.9. The van der Waals surface area contributed by atoms with E-state index in [9.17, 15) is 4.79 Å². The lowest BCUT2D eigenvalue weighted by molar-refractivity contribution is -0.123. The zero-order chi connectivity index (χ0) is 24.3. The van der Waals surface area contributed by atoms with E-state index in [4.69, 9.17) is 32.7 Å². The Labute approximate surface area is 217 Å². The third-order valence-corrected chi connectivity index (χ3v) is 6.96. The van der Waals surface area contributed by atoms with E-state index < -0.39 is 0 Å². The van der Waals surface area contributed by atoms with Gasteiger partial charge in [0.25, 0.3) is 5.91 Å². The molecule has 0 atom stereocenters. The number of aliphatic imine (C=N–C) groups is 1. The Hall–Kier alpha value is -1.67. The van der Waals surface area contributed by atoms with Crippen LogP contribution in [0.1, 0.15) is 38.8 Å². The normalized spacial score (nSPS) is 16.5. The van der Waals surface area contributed by atoms with Gasteiger partial charge in [-0.2, -0.15) is 0 Å². The van der Waals surface area contributed by atoms with Crippen molar-refractivity contribution in [2.45, 2.75) is 46.4 Å². The van der Waals surface area contributed by atoms with Crippen LogP contribution < -0.4 is 9.47 Å². The van der Waals surface area contributed by atoms with Crippen LogP contribution in [-0.4, -0.2) is 35.2 Å². The fourth-order valence-corrected chi connectivity index (χ4v) is 5.28. The molecule has 1 fully saturated rings. The van der Waals surface area contributed by atoms with E-state index in [0.717, 1.165) is 16.3 Å². The van der Waals surface area contributed by atoms with Crippen molar-refractivity contribution in [1.82, 2.24) is 4.90 Å². The van der Waals surface area contributed by atoms with E-state index in [1.165, 1.54) is 11.8 Å². The van der Waals surface area contributed by atoms with E-state index in [-0.39, 0.29) is 18.0 Å². The Morgan fingerprint density at radius 1 is 1.15 bits per heavy atom. The van der Waals surface area contributed by atoms with Crippen molar-refractivity contribution in [2.75, 3.05) is 7.11 Å². The summed E-state index contributed by atoms with van der Waals surface area (Å²) in [6, 6.07) is 9.21. The summed E-state index contributed by atoms with van der Waals surface area (Å²) in [5.41, 5.74) is 1.69. The Morgan fingerprint density at radius 2 is 1.88 bits per heavy atom. The maximum Gasteiger partial charge on any atom is 0.266 e. The van der Waals surface area contributed by atoms with Crippen LogP contribution >= 0.6 is 50.9 Å². The van der Waals surface area contributed by atoms with Crippen LogP contribution in [0.5, 0.6) is 11.5 Å². The monoisotopic (exact) mass is 570 g/mol. The van der Waals surface area contributed by atoms with Gasteiger partial charge in [0.1, 0.15) is 6.61 Å². The number of hydrogen-bond donors (Lipinski definition) is 0. The number of methoxy groups -OCH3 is 1. The second-order valence-electron chi connectivity index (χ2n) is 7.96. The van der Waals surface area contributed by atoms with E-state index in [1.807, 2.05) is 52.0 Å². The highest BCUT2D eigenvalue weighted by Crippen LogP contribution is 2.40. The number of thioether (sulfide) groups is 1. The number of amidine groups is 1. The average molecular weight is 572 g/mol. The van der Waals surface area contributed by atoms with E-state index in [0.29, 0.717) is 37.5 Å². The minimum absolute atomic E-state index is 0.0202. The summed E-state index contributed by atoms with van der Waals surface area (Å²) in [4.78, 5) is 20.0. The van der Waals surface area contributed by atoms with E-state index in [1.54, 1.807) is 24.1 Å². The van der Waals surface area contributed by atoms with Gasteiger partial charge in [-0.05, 0) is 96.9 Å². The number of hydrogen-bond acceptors (Lipinski definition) is 5. The van der Waals surface area contributed by atoms with Gasteiger partial charge in [0.2, 0.25) is 0 Å². The summed E-state index contributed by atoms with van der Waals surface area (Å²) in [5, 5.41) is 1.69. The molecule has 9 heteroatoms. The van der Waals surface area contributed by atoms with Crippen LogP contribution in [0.3, 0.4) is 0 Å². The van der Waals surface area contributed by atoms with Crippen LogP contribution in [0.15, 0.2) is 44.7 Å². The Kier molecular flexibility index (Phi) is 8.78. The molecule has 0 spiro atoms. The molecule has 0 radical (unpaired) electrons. The summed E-state index contributed by atoms with van der Waals surface area (Å²) in [6.07, 6.45) is 1.85. The number of benzene rings is 2. The van der Waals surface area contributed by atoms with Crippen molar-refractivity contribution in [3.63, 3.8) is 0 Å². The molecule has 5 nitrogen and oxygen atoms in total. The zero-order valence-corrected chi connectivity index (χ0v) is 22.9. The van der Waals surface area contributed by atoms with Crippen LogP contribution in [-0.2, 0) is 11.4 Å². The van der Waals surface area contributed by atoms with Gasteiger partial charge < -0.3 is 9.47 Å². The number of halogens is 3. The number of ether oxygens (including phenoxy) is 2. The minimum Gasteiger partial charge on any atom is -0.493 e. The first kappa shape index (κ1) is 25.9. The largest absolute Gasteiger partial charge is 0.493 e. The third kappa shape index (κ3) is 6.27. The van der Waals surface area contributed by atoms with Gasteiger partial charge in [-0.1, -0.05) is 29.3 Å². The first-order valence-corrected chi connectivity index (χ1v) is 12.7. The molecule has 0 aromatic heterocycles. The molecule has 1 aliphatic rings. The molecule has 2 aromatic rings. The van der Waals surface area contributed by atoms with Gasteiger partial charge >= 0.3 is 0 Å². The molecule has 1 saturated heterocycles. The molecule has 0 aliphatic carbocycles. The Bertz CT molecular complexity index is 1120. The van der Waals surface area contributed by atoms with Gasteiger partial charge in [-0.3, -0.25) is 14.7 Å². The molecule has 0 saturated carbocycles. The summed E-state index contributed by atoms with van der Waals surface area (Å²) >= 11 is 17.0. The molecule has 1 amide bonds. The SMILES string of the molecule is COc1cc(/C=C2/SC(=NC(C)C)N(C(C)C)C2=O)cc(Br)c1OCc1ccc(Cl)c(Cl)c1. The zero-order valence-electron chi connectivity index (χ0n) is 19.0. The molecule has 1 aliphatic heterocycles. The highest BCUT2D eigenvalue weighted by molar-refractivity contribution is 9.10. The topological polar surface area (TPSA) is 51.1 Å². The van der Waals surface area contributed by atoms with Crippen LogP contribution in [0, 0.1) is 0 Å². The summed E-state index contributed by atoms with van der Waals surface area (Å²) in [6.45, 7) is 8.25. The predicted molar refractivity (Wildman–Crippen MR) is 142 cm³/mol. The van der Waals surface area contributed by atoms with Crippen molar-refractivity contribution in [1.29, 1.82) is 0 Å². The summed E-state index contributed by atoms with van der Waals surface area (Å²) in [5.74, 6) is 1.05. The smallest absolute Gasteiger partial charge is 0.266 e. The van der Waals surface area contributed by atoms with Crippen molar-refractivity contribution >= 4 is 68.0 Å². The van der Waals surface area contributed by atoms with Crippen molar-refractivity contribution in [3.05, 3.63) is 60.9 Å². The van der Waals surface area contributed by atoms with Crippen molar-refractivity contribution < 1.29 is 14.3 Å². The maximum atomic E-state index is 13.0. The molecule has 0 bridgehead atoms. The molecular weight excluding hydrogens is 547 g/mol. The number of nitrogens with zero attached hydrogens (tertiary/aromatic N) is 2. The van der Waals surface area contributed by atoms with E-state index >= 15 is 0 Å². The van der Waals surface area contributed by atoms with E-state index in [2.05, 4.69) is 20.9 Å². The Morgan fingerprint density at radius 3 is 2.48 bits per heavy atom. The number of amides is 1. The molecule has 3 rings (SSSR count). The molecular formula is C24H25BrCl2N2O3S. The van der Waals surface area contributed by atoms with Gasteiger partial charge in [0.15, 0.2) is 16.7 Å². The third-order valence-electron chi connectivity index (χ3n) is 4.64. The quantitative estimate of drug-likeness (QED) is 0.324.